The van der Waals surface area contributed by atoms with Gasteiger partial charge in [0.25, 0.3) is 5.91 Å². The third kappa shape index (κ3) is 11.7. The number of hydrogen-bond acceptors (Lipinski definition) is 6. The Bertz CT molecular complexity index is 1840. The summed E-state index contributed by atoms with van der Waals surface area (Å²) in [6.07, 6.45) is 4.01. The molecular weight excluding hydrogens is 651 g/mol. The highest BCUT2D eigenvalue weighted by Gasteiger charge is 2.13. The van der Waals surface area contributed by atoms with E-state index < -0.39 is 6.10 Å². The Balaban J connectivity index is 0.972. The molecule has 0 saturated heterocycles. The highest BCUT2D eigenvalue weighted by molar-refractivity contribution is 5.94. The minimum atomic E-state index is -0.676. The van der Waals surface area contributed by atoms with E-state index >= 15 is 0 Å². The maximum atomic E-state index is 12.8. The van der Waals surface area contributed by atoms with Crippen molar-refractivity contribution in [3.63, 3.8) is 0 Å². The van der Waals surface area contributed by atoms with Gasteiger partial charge in [0.05, 0.1) is 19.1 Å². The Morgan fingerprint density at radius 1 is 0.808 bits per heavy atom. The molecule has 0 aliphatic heterocycles. The van der Waals surface area contributed by atoms with Gasteiger partial charge in [-0.1, -0.05) is 72.8 Å². The second-order valence-corrected chi connectivity index (χ2v) is 13.4. The Morgan fingerprint density at radius 3 is 2.27 bits per heavy atom. The van der Waals surface area contributed by atoms with E-state index in [9.17, 15) is 14.7 Å². The van der Waals surface area contributed by atoms with Crippen LogP contribution in [0.5, 0.6) is 0 Å². The van der Waals surface area contributed by atoms with Crippen molar-refractivity contribution in [2.45, 2.75) is 65.1 Å². The van der Waals surface area contributed by atoms with E-state index in [4.69, 9.17) is 4.74 Å². The number of amides is 2. The van der Waals surface area contributed by atoms with Gasteiger partial charge in [0, 0.05) is 61.0 Å². The van der Waals surface area contributed by atoms with E-state index in [2.05, 4.69) is 68.8 Å². The molecule has 52 heavy (non-hydrogen) atoms. The summed E-state index contributed by atoms with van der Waals surface area (Å²) in [4.78, 5) is 29.9. The topological polar surface area (TPSA) is 118 Å². The molecule has 0 spiro atoms. The zero-order valence-electron chi connectivity index (χ0n) is 30.5. The number of rotatable bonds is 19. The number of aliphatic hydroxyl groups excluding tert-OH is 1. The maximum Gasteiger partial charge on any atom is 0.251 e. The molecule has 5 aromatic rings. The largest absolute Gasteiger partial charge is 0.387 e. The SMILES string of the molecule is Cc1ccc(C)n1-c1ccc([C@@H](O)CN[C@H](C)Cc2cccc(CC(=O)NCc3ccc(C(=O)NCCOCCCc4ccccc4)cc3)c2)cn1. The molecule has 3 aromatic carbocycles. The van der Waals surface area contributed by atoms with Gasteiger partial charge in [0.2, 0.25) is 5.91 Å². The molecule has 0 aliphatic carbocycles. The number of aryl methyl sites for hydroxylation is 3. The quantitative estimate of drug-likeness (QED) is 0.0788. The first-order valence-electron chi connectivity index (χ1n) is 18.1. The van der Waals surface area contributed by atoms with E-state index in [0.29, 0.717) is 38.4 Å². The zero-order chi connectivity index (χ0) is 36.7. The van der Waals surface area contributed by atoms with Gasteiger partial charge in [-0.05, 0) is 92.6 Å². The smallest absolute Gasteiger partial charge is 0.251 e. The molecule has 272 valence electrons. The third-order valence-corrected chi connectivity index (χ3v) is 9.05. The van der Waals surface area contributed by atoms with Crippen LogP contribution in [0, 0.1) is 13.8 Å². The fraction of sp³-hybridized carbons (Fsp3) is 0.326. The normalized spacial score (nSPS) is 12.3. The number of benzene rings is 3. The Kier molecular flexibility index (Phi) is 14.3. The molecule has 0 aliphatic rings. The molecule has 0 radical (unpaired) electrons. The van der Waals surface area contributed by atoms with Crippen LogP contribution in [0.2, 0.25) is 0 Å². The Labute approximate surface area is 307 Å². The average molecular weight is 702 g/mol. The summed E-state index contributed by atoms with van der Waals surface area (Å²) in [6.45, 7) is 8.54. The van der Waals surface area contributed by atoms with Crippen LogP contribution in [0.3, 0.4) is 0 Å². The van der Waals surface area contributed by atoms with Gasteiger partial charge < -0.3 is 30.4 Å². The Hall–Kier alpha value is -5.09. The van der Waals surface area contributed by atoms with Crippen LogP contribution in [0.15, 0.2) is 109 Å². The van der Waals surface area contributed by atoms with Crippen molar-refractivity contribution < 1.29 is 19.4 Å². The van der Waals surface area contributed by atoms with E-state index in [1.54, 1.807) is 18.3 Å². The highest BCUT2D eigenvalue weighted by Crippen LogP contribution is 2.18. The standard InChI is InChI=1S/C43H51N5O4/c1-31(45-30-40(49)39-20-21-41(46-29-39)48-32(2)14-15-33(48)3)25-36-11-7-12-37(26-36)27-42(50)47-28-35-16-18-38(19-17-35)43(51)44-22-24-52-23-8-13-34-9-5-4-6-10-34/h4-7,9-12,14-21,26,29,31,40,45,49H,8,13,22-25,27-28,30H2,1-3H3,(H,44,51)(H,47,50)/t31-,40+/m1/s1. The first kappa shape index (κ1) is 38.1. The summed E-state index contributed by atoms with van der Waals surface area (Å²) in [5.74, 6) is 0.619. The monoisotopic (exact) mass is 701 g/mol. The molecule has 0 saturated carbocycles. The van der Waals surface area contributed by atoms with Crippen LogP contribution in [0.4, 0.5) is 0 Å². The second kappa shape index (κ2) is 19.5. The number of hydrogen-bond donors (Lipinski definition) is 4. The van der Waals surface area contributed by atoms with Crippen molar-refractivity contribution in [3.05, 3.63) is 154 Å². The summed E-state index contributed by atoms with van der Waals surface area (Å²) in [7, 11) is 0. The van der Waals surface area contributed by atoms with E-state index in [0.717, 1.165) is 58.7 Å². The molecule has 2 heterocycles. The number of ether oxygens (including phenoxy) is 1. The predicted octanol–water partition coefficient (Wildman–Crippen LogP) is 5.98. The second-order valence-electron chi connectivity index (χ2n) is 13.4. The van der Waals surface area contributed by atoms with E-state index in [1.807, 2.05) is 68.4 Å². The highest BCUT2D eigenvalue weighted by atomic mass is 16.5. The van der Waals surface area contributed by atoms with Gasteiger partial charge in [-0.2, -0.15) is 0 Å². The van der Waals surface area contributed by atoms with Crippen molar-refractivity contribution >= 4 is 11.8 Å². The van der Waals surface area contributed by atoms with Gasteiger partial charge in [0.1, 0.15) is 5.82 Å². The lowest BCUT2D eigenvalue weighted by atomic mass is 10.0. The number of pyridine rings is 1. The molecule has 0 fully saturated rings. The van der Waals surface area contributed by atoms with Gasteiger partial charge in [-0.15, -0.1) is 0 Å². The summed E-state index contributed by atoms with van der Waals surface area (Å²) in [5.41, 5.74) is 7.84. The molecular formula is C43H51N5O4. The fourth-order valence-electron chi connectivity index (χ4n) is 6.17. The molecule has 2 atom stereocenters. The van der Waals surface area contributed by atoms with E-state index in [1.165, 1.54) is 5.56 Å². The molecule has 9 heteroatoms. The lowest BCUT2D eigenvalue weighted by Gasteiger charge is -2.18. The number of aromatic nitrogens is 2. The summed E-state index contributed by atoms with van der Waals surface area (Å²) >= 11 is 0. The molecule has 2 aromatic heterocycles. The lowest BCUT2D eigenvalue weighted by Crippen LogP contribution is -2.32. The Morgan fingerprint density at radius 2 is 1.54 bits per heavy atom. The molecule has 2 amide bonds. The predicted molar refractivity (Wildman–Crippen MR) is 206 cm³/mol. The summed E-state index contributed by atoms with van der Waals surface area (Å²) < 4.78 is 7.75. The maximum absolute atomic E-state index is 12.8. The number of carbonyl (C=O) groups excluding carboxylic acids is 2. The van der Waals surface area contributed by atoms with Crippen molar-refractivity contribution in [1.29, 1.82) is 0 Å². The van der Waals surface area contributed by atoms with Crippen LogP contribution in [-0.2, 0) is 35.3 Å². The van der Waals surface area contributed by atoms with Crippen molar-refractivity contribution in [1.82, 2.24) is 25.5 Å². The summed E-state index contributed by atoms with van der Waals surface area (Å²) in [6, 6.07) is 33.7. The van der Waals surface area contributed by atoms with Crippen LogP contribution in [0.25, 0.3) is 5.82 Å². The first-order chi connectivity index (χ1) is 25.2. The molecule has 0 unspecified atom stereocenters. The minimum absolute atomic E-state index is 0.0706. The number of nitrogens with zero attached hydrogens (tertiary/aromatic N) is 2. The molecule has 0 bridgehead atoms. The third-order valence-electron chi connectivity index (χ3n) is 9.05. The van der Waals surface area contributed by atoms with Crippen LogP contribution >= 0.6 is 0 Å². The molecule has 9 nitrogen and oxygen atoms in total. The average Bonchev–Trinajstić information content (AvgIpc) is 3.50. The minimum Gasteiger partial charge on any atom is -0.387 e. The number of carbonyl (C=O) groups is 2. The van der Waals surface area contributed by atoms with Gasteiger partial charge in [0.15, 0.2) is 0 Å². The fourth-order valence-corrected chi connectivity index (χ4v) is 6.17. The van der Waals surface area contributed by atoms with Gasteiger partial charge in [-0.3, -0.25) is 9.59 Å². The number of nitrogens with one attached hydrogen (secondary N) is 3. The number of aliphatic hydroxyl groups is 1. The zero-order valence-corrected chi connectivity index (χ0v) is 30.5. The molecule has 5 rings (SSSR count). The van der Waals surface area contributed by atoms with Crippen molar-refractivity contribution in [3.8, 4) is 5.82 Å². The summed E-state index contributed by atoms with van der Waals surface area (Å²) in [5, 5.41) is 20.1. The van der Waals surface area contributed by atoms with Crippen LogP contribution in [-0.4, -0.2) is 58.8 Å². The van der Waals surface area contributed by atoms with Gasteiger partial charge >= 0.3 is 0 Å². The van der Waals surface area contributed by atoms with Crippen molar-refractivity contribution in [2.75, 3.05) is 26.3 Å². The first-order valence-corrected chi connectivity index (χ1v) is 18.1. The van der Waals surface area contributed by atoms with Crippen molar-refractivity contribution in [2.24, 2.45) is 0 Å². The molecule has 4 N–H and O–H groups in total. The van der Waals surface area contributed by atoms with Gasteiger partial charge in [-0.25, -0.2) is 4.98 Å². The van der Waals surface area contributed by atoms with Crippen LogP contribution < -0.4 is 16.0 Å². The van der Waals surface area contributed by atoms with E-state index in [-0.39, 0.29) is 24.3 Å². The van der Waals surface area contributed by atoms with Crippen LogP contribution in [0.1, 0.15) is 69.0 Å². The lowest BCUT2D eigenvalue weighted by molar-refractivity contribution is -0.120.